The Morgan fingerprint density at radius 2 is 1.94 bits per heavy atom. The average Bonchev–Trinajstić information content (AvgIpc) is 2.16. The van der Waals surface area contributed by atoms with E-state index in [0.717, 1.165) is 18.2 Å². The van der Waals surface area contributed by atoms with Crippen molar-refractivity contribution in [2.45, 2.75) is 6.18 Å². The van der Waals surface area contributed by atoms with Crippen LogP contribution in [0, 0.1) is 0 Å². The van der Waals surface area contributed by atoms with E-state index in [1.165, 1.54) is 11.0 Å². The van der Waals surface area contributed by atoms with Gasteiger partial charge in [-0.25, -0.2) is 4.79 Å². The largest absolute Gasteiger partial charge is 0.416 e. The second kappa shape index (κ2) is 4.37. The van der Waals surface area contributed by atoms with E-state index in [2.05, 4.69) is 4.99 Å². The molecule has 16 heavy (non-hydrogen) atoms. The highest BCUT2D eigenvalue weighted by Gasteiger charge is 2.31. The van der Waals surface area contributed by atoms with E-state index in [0.29, 0.717) is 0 Å². The molecule has 0 fully saturated rings. The topological polar surface area (TPSA) is 32.7 Å². The van der Waals surface area contributed by atoms with Crippen LogP contribution in [-0.2, 0) is 11.0 Å². The summed E-state index contributed by atoms with van der Waals surface area (Å²) < 4.78 is 37.3. The van der Waals surface area contributed by atoms with E-state index in [9.17, 15) is 18.0 Å². The monoisotopic (exact) mass is 230 g/mol. The maximum Gasteiger partial charge on any atom is 0.416 e. The zero-order chi connectivity index (χ0) is 12.3. The predicted molar refractivity (Wildman–Crippen MR) is 53.6 cm³/mol. The van der Waals surface area contributed by atoms with Gasteiger partial charge in [-0.15, -0.1) is 0 Å². The van der Waals surface area contributed by atoms with Crippen LogP contribution in [0.5, 0.6) is 0 Å². The third-order valence-electron chi connectivity index (χ3n) is 1.95. The molecule has 0 bridgehead atoms. The predicted octanol–water partition coefficient (Wildman–Crippen LogP) is 2.74. The molecule has 0 aliphatic heterocycles. The number of halogens is 3. The lowest BCUT2D eigenvalue weighted by Gasteiger charge is -2.16. The van der Waals surface area contributed by atoms with E-state index in [-0.39, 0.29) is 11.4 Å². The molecule has 0 aromatic heterocycles. The molecule has 6 heteroatoms. The second-order valence-corrected chi connectivity index (χ2v) is 3.30. The minimum absolute atomic E-state index is 0.160. The first kappa shape index (κ1) is 12.3. The van der Waals surface area contributed by atoms with Gasteiger partial charge in [0.25, 0.3) is 0 Å². The second-order valence-electron chi connectivity index (χ2n) is 3.30. The molecule has 1 aromatic rings. The van der Waals surface area contributed by atoms with E-state index in [1.807, 2.05) is 0 Å². The number of hydrogen-bond donors (Lipinski definition) is 0. The fourth-order valence-electron chi connectivity index (χ4n) is 1.20. The molecule has 86 valence electrons. The van der Waals surface area contributed by atoms with Crippen LogP contribution in [0.1, 0.15) is 5.56 Å². The van der Waals surface area contributed by atoms with Crippen LogP contribution in [0.25, 0.3) is 0 Å². The summed E-state index contributed by atoms with van der Waals surface area (Å²) in [6, 6.07) is 2.96. The SMILES string of the molecule is CN(C)c1cc(C(F)(F)F)ccc1N=C=O. The highest BCUT2D eigenvalue weighted by atomic mass is 19.4. The third-order valence-corrected chi connectivity index (χ3v) is 1.95. The molecule has 0 saturated carbocycles. The molecule has 0 atom stereocenters. The highest BCUT2D eigenvalue weighted by Crippen LogP contribution is 2.35. The van der Waals surface area contributed by atoms with Gasteiger partial charge in [0, 0.05) is 14.1 Å². The first-order chi connectivity index (χ1) is 7.36. The number of nitrogens with zero attached hydrogens (tertiary/aromatic N) is 2. The first-order valence-corrected chi connectivity index (χ1v) is 4.32. The van der Waals surface area contributed by atoms with Crippen molar-refractivity contribution in [2.24, 2.45) is 4.99 Å². The van der Waals surface area contributed by atoms with E-state index in [4.69, 9.17) is 0 Å². The van der Waals surface area contributed by atoms with Gasteiger partial charge in [-0.05, 0) is 18.2 Å². The lowest BCUT2D eigenvalue weighted by atomic mass is 10.1. The van der Waals surface area contributed by atoms with Crippen molar-refractivity contribution in [3.63, 3.8) is 0 Å². The Morgan fingerprint density at radius 3 is 2.38 bits per heavy atom. The summed E-state index contributed by atoms with van der Waals surface area (Å²) >= 11 is 0. The summed E-state index contributed by atoms with van der Waals surface area (Å²) in [4.78, 5) is 14.9. The Morgan fingerprint density at radius 1 is 1.31 bits per heavy atom. The van der Waals surface area contributed by atoms with Gasteiger partial charge >= 0.3 is 6.18 Å². The molecular formula is C10H9F3N2O. The molecule has 0 saturated heterocycles. The Hall–Kier alpha value is -1.81. The van der Waals surface area contributed by atoms with Gasteiger partial charge in [-0.1, -0.05) is 0 Å². The van der Waals surface area contributed by atoms with E-state index >= 15 is 0 Å². The van der Waals surface area contributed by atoms with Crippen LogP contribution in [-0.4, -0.2) is 20.2 Å². The summed E-state index contributed by atoms with van der Waals surface area (Å²) in [6.07, 6.45) is -3.10. The van der Waals surface area contributed by atoms with Crippen molar-refractivity contribution >= 4 is 17.5 Å². The van der Waals surface area contributed by atoms with Crippen molar-refractivity contribution < 1.29 is 18.0 Å². The third kappa shape index (κ3) is 2.61. The van der Waals surface area contributed by atoms with E-state index < -0.39 is 11.7 Å². The van der Waals surface area contributed by atoms with Crippen molar-refractivity contribution in [3.8, 4) is 0 Å². The Balaban J connectivity index is 3.34. The minimum Gasteiger partial charge on any atom is -0.376 e. The van der Waals surface area contributed by atoms with Crippen molar-refractivity contribution in [1.82, 2.24) is 0 Å². The fraction of sp³-hybridized carbons (Fsp3) is 0.300. The zero-order valence-corrected chi connectivity index (χ0v) is 8.67. The van der Waals surface area contributed by atoms with Gasteiger partial charge in [0.05, 0.1) is 16.9 Å². The lowest BCUT2D eigenvalue weighted by molar-refractivity contribution is -0.137. The Labute approximate surface area is 90.2 Å². The van der Waals surface area contributed by atoms with Gasteiger partial charge < -0.3 is 4.90 Å². The number of anilines is 1. The fourth-order valence-corrected chi connectivity index (χ4v) is 1.20. The number of carbonyl (C=O) groups excluding carboxylic acids is 1. The molecule has 0 amide bonds. The number of benzene rings is 1. The van der Waals surface area contributed by atoms with Crippen LogP contribution in [0.2, 0.25) is 0 Å². The van der Waals surface area contributed by atoms with Gasteiger partial charge in [0.15, 0.2) is 0 Å². The molecule has 1 aromatic carbocycles. The van der Waals surface area contributed by atoms with Gasteiger partial charge in [-0.3, -0.25) is 0 Å². The van der Waals surface area contributed by atoms with E-state index in [1.54, 1.807) is 14.1 Å². The quantitative estimate of drug-likeness (QED) is 0.578. The summed E-state index contributed by atoms with van der Waals surface area (Å²) in [5.41, 5.74) is -0.396. The number of aliphatic imine (C=N–C) groups is 1. The van der Waals surface area contributed by atoms with Gasteiger partial charge in [0.2, 0.25) is 6.08 Å². The normalized spacial score (nSPS) is 10.8. The first-order valence-electron chi connectivity index (χ1n) is 4.32. The van der Waals surface area contributed by atoms with Crippen molar-refractivity contribution in [3.05, 3.63) is 23.8 Å². The molecule has 0 radical (unpaired) electrons. The van der Waals surface area contributed by atoms with Gasteiger partial charge in [-0.2, -0.15) is 18.2 Å². The lowest BCUT2D eigenvalue weighted by Crippen LogP contribution is -2.11. The molecule has 3 nitrogen and oxygen atoms in total. The minimum atomic E-state index is -4.41. The standard InChI is InChI=1S/C10H9F3N2O/c1-15(2)9-5-7(10(11,12)13)3-4-8(9)14-6-16/h3-5H,1-2H3. The maximum absolute atomic E-state index is 12.4. The number of alkyl halides is 3. The van der Waals surface area contributed by atoms with Crippen LogP contribution in [0.3, 0.4) is 0 Å². The van der Waals surface area contributed by atoms with Crippen molar-refractivity contribution in [2.75, 3.05) is 19.0 Å². The number of isocyanates is 1. The van der Waals surface area contributed by atoms with Crippen LogP contribution in [0.15, 0.2) is 23.2 Å². The average molecular weight is 230 g/mol. The highest BCUT2D eigenvalue weighted by molar-refractivity contribution is 5.70. The molecular weight excluding hydrogens is 221 g/mol. The van der Waals surface area contributed by atoms with Crippen molar-refractivity contribution in [1.29, 1.82) is 0 Å². The smallest absolute Gasteiger partial charge is 0.376 e. The molecule has 0 aliphatic rings. The molecule has 0 heterocycles. The summed E-state index contributed by atoms with van der Waals surface area (Å²) in [5, 5.41) is 0. The maximum atomic E-state index is 12.4. The zero-order valence-electron chi connectivity index (χ0n) is 8.67. The summed E-state index contributed by atoms with van der Waals surface area (Å²) in [6.45, 7) is 0. The molecule has 0 aliphatic carbocycles. The Bertz CT molecular complexity index is 434. The van der Waals surface area contributed by atoms with Crippen LogP contribution in [0.4, 0.5) is 24.5 Å². The van der Waals surface area contributed by atoms with Crippen LogP contribution >= 0.6 is 0 Å². The summed E-state index contributed by atoms with van der Waals surface area (Å²) in [7, 11) is 3.14. The summed E-state index contributed by atoms with van der Waals surface area (Å²) in [5.74, 6) is 0. The number of hydrogen-bond acceptors (Lipinski definition) is 3. The van der Waals surface area contributed by atoms with Crippen LogP contribution < -0.4 is 4.90 Å². The molecule has 1 rings (SSSR count). The molecule has 0 N–H and O–H groups in total. The number of rotatable bonds is 2. The Kier molecular flexibility index (Phi) is 3.34. The molecule has 0 spiro atoms. The molecule has 0 unspecified atom stereocenters. The van der Waals surface area contributed by atoms with Gasteiger partial charge in [0.1, 0.15) is 0 Å².